The van der Waals surface area contributed by atoms with E-state index in [1.54, 1.807) is 49.2 Å². The zero-order chi connectivity index (χ0) is 32.6. The van der Waals surface area contributed by atoms with Crippen LogP contribution in [0.15, 0.2) is 76.6 Å². The van der Waals surface area contributed by atoms with Crippen LogP contribution in [0.2, 0.25) is 5.02 Å². The molecule has 0 spiro atoms. The molecule has 1 saturated heterocycles. The Bertz CT molecular complexity index is 1980. The zero-order valence-corrected chi connectivity index (χ0v) is 27.8. The van der Waals surface area contributed by atoms with Gasteiger partial charge in [-0.05, 0) is 85.2 Å². The third-order valence-electron chi connectivity index (χ3n) is 10.0. The Kier molecular flexibility index (Phi) is 7.46. The van der Waals surface area contributed by atoms with Crippen LogP contribution in [-0.4, -0.2) is 41.7 Å². The number of thiazole rings is 1. The number of nitrogens with one attached hydrogen (secondary N) is 2. The number of hydrogen-bond acceptors (Lipinski definition) is 8. The van der Waals surface area contributed by atoms with Crippen molar-refractivity contribution in [3.63, 3.8) is 0 Å². The molecule has 2 saturated carbocycles. The average Bonchev–Trinajstić information content (AvgIpc) is 3.80. The number of carbonyl (C=O) groups excluding carboxylic acids is 3. The fourth-order valence-corrected chi connectivity index (χ4v) is 11.2. The average molecular weight is 688 g/mol. The highest BCUT2D eigenvalue weighted by Crippen LogP contribution is 2.68. The van der Waals surface area contributed by atoms with E-state index in [-0.39, 0.29) is 64.0 Å². The summed E-state index contributed by atoms with van der Waals surface area (Å²) in [6, 6.07) is 20.0. The van der Waals surface area contributed by atoms with E-state index in [0.29, 0.717) is 27.9 Å². The summed E-state index contributed by atoms with van der Waals surface area (Å²) in [6.45, 7) is 1.78. The van der Waals surface area contributed by atoms with E-state index < -0.39 is 5.92 Å². The maximum atomic E-state index is 14.0. The molecule has 240 valence electrons. The number of thioether (sulfide) groups is 1. The number of rotatable bonds is 7. The highest BCUT2D eigenvalue weighted by molar-refractivity contribution is 8.00. The van der Waals surface area contributed by atoms with E-state index in [2.05, 4.69) is 10.3 Å². The van der Waals surface area contributed by atoms with Crippen molar-refractivity contribution in [2.75, 3.05) is 23.9 Å². The number of H-pyrrole nitrogens is 1. The third kappa shape index (κ3) is 4.98. The lowest BCUT2D eigenvalue weighted by atomic mass is 9.68. The van der Waals surface area contributed by atoms with Gasteiger partial charge in [0.1, 0.15) is 0 Å². The van der Waals surface area contributed by atoms with Crippen LogP contribution < -0.4 is 24.6 Å². The van der Waals surface area contributed by atoms with Crippen LogP contribution in [0.25, 0.3) is 0 Å². The van der Waals surface area contributed by atoms with E-state index in [9.17, 15) is 19.2 Å². The summed E-state index contributed by atoms with van der Waals surface area (Å²) in [4.78, 5) is 58.3. The van der Waals surface area contributed by atoms with Gasteiger partial charge in [0.25, 0.3) is 5.91 Å². The molecule has 2 bridgehead atoms. The number of imide groups is 1. The molecule has 4 aliphatic rings. The molecule has 1 aromatic heterocycles. The summed E-state index contributed by atoms with van der Waals surface area (Å²) < 4.78 is 11.6. The molecule has 2 aliphatic carbocycles. The van der Waals surface area contributed by atoms with Crippen molar-refractivity contribution in [1.29, 1.82) is 0 Å². The first-order chi connectivity index (χ1) is 22.7. The van der Waals surface area contributed by atoms with Crippen molar-refractivity contribution >= 4 is 63.8 Å². The van der Waals surface area contributed by atoms with Crippen LogP contribution in [0, 0.1) is 36.5 Å². The number of carbonyl (C=O) groups is 3. The van der Waals surface area contributed by atoms with E-state index in [1.165, 1.54) is 16.2 Å². The Morgan fingerprint density at radius 2 is 1.70 bits per heavy atom. The van der Waals surface area contributed by atoms with Gasteiger partial charge in [0.15, 0.2) is 18.1 Å². The molecule has 6 unspecified atom stereocenters. The Hall–Kier alpha value is -4.06. The number of fused-ring (bicyclic) bond motifs is 9. The normalized spacial score (nSPS) is 27.0. The highest BCUT2D eigenvalue weighted by atomic mass is 35.5. The number of ether oxygens (including phenoxy) is 2. The van der Waals surface area contributed by atoms with Gasteiger partial charge in [-0.25, -0.2) is 0 Å². The Balaban J connectivity index is 1.09. The minimum atomic E-state index is -0.415. The molecular formula is C35H30ClN3O6S2. The minimum Gasteiger partial charge on any atom is -0.493 e. The largest absolute Gasteiger partial charge is 0.493 e. The molecule has 3 fully saturated rings. The Morgan fingerprint density at radius 1 is 0.979 bits per heavy atom. The fourth-order valence-electron chi connectivity index (χ4n) is 8.21. The minimum absolute atomic E-state index is 0.00402. The summed E-state index contributed by atoms with van der Waals surface area (Å²) in [6.07, 6.45) is 0.785. The topological polar surface area (TPSA) is 118 Å². The molecule has 7 atom stereocenters. The second-order valence-electron chi connectivity index (χ2n) is 12.6. The van der Waals surface area contributed by atoms with Crippen molar-refractivity contribution in [3.05, 3.63) is 97.4 Å². The molecule has 3 aromatic carbocycles. The number of hydrogen-bond donors (Lipinski definition) is 2. The van der Waals surface area contributed by atoms with Gasteiger partial charge in [0.05, 0.1) is 29.7 Å². The molecule has 47 heavy (non-hydrogen) atoms. The van der Waals surface area contributed by atoms with Gasteiger partial charge in [-0.3, -0.25) is 24.1 Å². The number of halogens is 1. The first kappa shape index (κ1) is 30.3. The molecule has 2 aliphatic heterocycles. The summed E-state index contributed by atoms with van der Waals surface area (Å²) in [5, 5.41) is 4.25. The number of aryl methyl sites for hydroxylation is 1. The van der Waals surface area contributed by atoms with Crippen LogP contribution in [0.4, 0.5) is 11.4 Å². The molecule has 3 heterocycles. The summed E-state index contributed by atoms with van der Waals surface area (Å²) in [7, 11) is 1.55. The van der Waals surface area contributed by atoms with Crippen LogP contribution in [0.5, 0.6) is 11.5 Å². The SMILES string of the molecule is COc1cc([C@H]2c3sc(=O)[nH]c3SC3C4CC(C5C(=O)N(c6ccc(Cl)cc6)C(=O)C45)C32)ccc1OCC(=O)Nc1ccc(C)cc1. The molecule has 9 nitrogen and oxygen atoms in total. The van der Waals surface area contributed by atoms with Crippen molar-refractivity contribution in [2.45, 2.75) is 29.5 Å². The van der Waals surface area contributed by atoms with Gasteiger partial charge in [-0.15, -0.1) is 11.8 Å². The summed E-state index contributed by atoms with van der Waals surface area (Å²) in [5.74, 6) is -0.700. The van der Waals surface area contributed by atoms with Gasteiger partial charge < -0.3 is 19.8 Å². The first-order valence-electron chi connectivity index (χ1n) is 15.4. The van der Waals surface area contributed by atoms with Crippen LogP contribution >= 0.6 is 34.7 Å². The van der Waals surface area contributed by atoms with Gasteiger partial charge in [0.2, 0.25) is 11.8 Å². The van der Waals surface area contributed by atoms with E-state index >= 15 is 0 Å². The number of amides is 3. The van der Waals surface area contributed by atoms with Crippen molar-refractivity contribution in [3.8, 4) is 11.5 Å². The lowest BCUT2D eigenvalue weighted by Crippen LogP contribution is -2.42. The van der Waals surface area contributed by atoms with Crippen LogP contribution in [-0.2, 0) is 14.4 Å². The number of aromatic amines is 1. The Morgan fingerprint density at radius 3 is 2.43 bits per heavy atom. The maximum Gasteiger partial charge on any atom is 0.305 e. The van der Waals surface area contributed by atoms with Gasteiger partial charge >= 0.3 is 4.87 Å². The lowest BCUT2D eigenvalue weighted by Gasteiger charge is -2.43. The molecule has 12 heteroatoms. The molecule has 0 radical (unpaired) electrons. The van der Waals surface area contributed by atoms with E-state index in [1.807, 2.05) is 43.3 Å². The number of nitrogens with zero attached hydrogens (tertiary/aromatic N) is 1. The molecule has 4 aromatic rings. The van der Waals surface area contributed by atoms with Gasteiger partial charge in [-0.1, -0.05) is 46.7 Å². The van der Waals surface area contributed by atoms with Crippen molar-refractivity contribution in [2.24, 2.45) is 29.6 Å². The van der Waals surface area contributed by atoms with E-state index in [0.717, 1.165) is 27.5 Å². The summed E-state index contributed by atoms with van der Waals surface area (Å²) in [5.41, 5.74) is 3.26. The predicted octanol–water partition coefficient (Wildman–Crippen LogP) is 6.10. The quantitative estimate of drug-likeness (QED) is 0.226. The number of anilines is 2. The number of methoxy groups -OCH3 is 1. The number of aromatic nitrogens is 1. The molecule has 2 N–H and O–H groups in total. The molecular weight excluding hydrogens is 658 g/mol. The van der Waals surface area contributed by atoms with Gasteiger partial charge in [0, 0.05) is 26.8 Å². The van der Waals surface area contributed by atoms with Crippen molar-refractivity contribution in [1.82, 2.24) is 4.98 Å². The van der Waals surface area contributed by atoms with Crippen molar-refractivity contribution < 1.29 is 23.9 Å². The smallest absolute Gasteiger partial charge is 0.305 e. The fraction of sp³-hybridized carbons (Fsp3) is 0.314. The van der Waals surface area contributed by atoms with E-state index in [4.69, 9.17) is 21.1 Å². The van der Waals surface area contributed by atoms with Gasteiger partial charge in [-0.2, -0.15) is 0 Å². The Labute approximate surface area is 283 Å². The van der Waals surface area contributed by atoms with Crippen LogP contribution in [0.3, 0.4) is 0 Å². The monoisotopic (exact) mass is 687 g/mol. The second-order valence-corrected chi connectivity index (χ2v) is 15.2. The first-order valence-corrected chi connectivity index (χ1v) is 17.5. The second kappa shape index (κ2) is 11.6. The number of benzene rings is 3. The lowest BCUT2D eigenvalue weighted by molar-refractivity contribution is -0.123. The zero-order valence-electron chi connectivity index (χ0n) is 25.4. The standard InChI is InChI=1S/C35H30ClN3O6S2/c1-16-3-8-19(9-4-16)37-25(40)15-45-23-12-5-17(13-24(23)44-2)26-27-21-14-22(30(27)46-32-31(26)47-35(43)38-32)29-28(21)33(41)39(34(29)42)20-10-6-18(36)7-11-20/h3-13,21-22,26-30H,14-15H2,1-2H3,(H,37,40)(H,38,43)/t21?,22?,26-,27?,28?,29?,30?/m1/s1. The molecule has 8 rings (SSSR count). The summed E-state index contributed by atoms with van der Waals surface area (Å²) >= 11 is 8.93. The van der Waals surface area contributed by atoms with Crippen LogP contribution in [0.1, 0.15) is 28.3 Å². The molecule has 3 amide bonds. The predicted molar refractivity (Wildman–Crippen MR) is 181 cm³/mol. The highest BCUT2D eigenvalue weighted by Gasteiger charge is 2.69. The maximum absolute atomic E-state index is 14.0. The third-order valence-corrected chi connectivity index (χ3v) is 12.9.